The zero-order valence-electron chi connectivity index (χ0n) is 22.9. The molecular weight excluding hydrogens is 577 g/mol. The van der Waals surface area contributed by atoms with Crippen LogP contribution in [0, 0.1) is 6.92 Å². The van der Waals surface area contributed by atoms with E-state index in [9.17, 15) is 18.0 Å². The second-order valence-corrected chi connectivity index (χ2v) is 11.8. The molecule has 1 atom stereocenters. The number of ether oxygens (including phenoxy) is 2. The number of hydrogen-bond acceptors (Lipinski definition) is 8. The highest BCUT2D eigenvalue weighted by atomic mass is 35.5. The number of carbonyl (C=O) groups excluding carboxylic acids is 2. The van der Waals surface area contributed by atoms with Crippen molar-refractivity contribution in [3.05, 3.63) is 86.2 Å². The molecule has 0 saturated carbocycles. The molecule has 0 bridgehead atoms. The molecule has 0 amide bonds. The van der Waals surface area contributed by atoms with Gasteiger partial charge in [0.1, 0.15) is 0 Å². The number of dihydropyridines is 1. The van der Waals surface area contributed by atoms with Crippen molar-refractivity contribution < 1.29 is 31.7 Å². The number of benzene rings is 2. The van der Waals surface area contributed by atoms with E-state index >= 15 is 0 Å². The van der Waals surface area contributed by atoms with Gasteiger partial charge in [0.15, 0.2) is 0 Å². The molecule has 1 aliphatic heterocycles. The fourth-order valence-electron chi connectivity index (χ4n) is 4.44. The van der Waals surface area contributed by atoms with Crippen molar-refractivity contribution in [3.63, 3.8) is 0 Å². The molecule has 1 aliphatic rings. The number of halogens is 2. The number of esters is 2. The molecule has 1 N–H and O–H groups in total. The number of methoxy groups -OCH3 is 1. The van der Waals surface area contributed by atoms with Crippen molar-refractivity contribution in [1.82, 2.24) is 5.32 Å². The van der Waals surface area contributed by atoms with Crippen LogP contribution in [0.5, 0.6) is 0 Å². The number of nitrogens with one attached hydrogen (secondary N) is 1. The Kier molecular flexibility index (Phi) is 11.2. The summed E-state index contributed by atoms with van der Waals surface area (Å²) in [6.07, 6.45) is 2.50. The van der Waals surface area contributed by atoms with Gasteiger partial charge in [0, 0.05) is 11.4 Å². The first-order valence-electron chi connectivity index (χ1n) is 12.8. The summed E-state index contributed by atoms with van der Waals surface area (Å²) in [6, 6.07) is 11.5. The Bertz CT molecular complexity index is 1420. The average Bonchev–Trinajstić information content (AvgIpc) is 2.91. The highest BCUT2D eigenvalue weighted by molar-refractivity contribution is 7.86. The lowest BCUT2D eigenvalue weighted by Crippen LogP contribution is -2.32. The Morgan fingerprint density at radius 3 is 2.08 bits per heavy atom. The number of aryl methyl sites for hydroxylation is 1. The van der Waals surface area contributed by atoms with E-state index in [4.69, 9.17) is 36.9 Å². The van der Waals surface area contributed by atoms with E-state index < -0.39 is 28.0 Å². The molecule has 0 aliphatic carbocycles. The molecule has 0 aromatic heterocycles. The van der Waals surface area contributed by atoms with Gasteiger partial charge < -0.3 is 14.8 Å². The quantitative estimate of drug-likeness (QED) is 0.172. The fourth-order valence-corrected chi connectivity index (χ4v) is 5.80. The first kappa shape index (κ1) is 31.7. The first-order valence-corrected chi connectivity index (χ1v) is 15.0. The van der Waals surface area contributed by atoms with E-state index in [2.05, 4.69) is 5.32 Å². The zero-order chi connectivity index (χ0) is 29.4. The number of hydrogen-bond donors (Lipinski definition) is 1. The van der Waals surface area contributed by atoms with Gasteiger partial charge in [-0.15, -0.1) is 0 Å². The second-order valence-electron chi connectivity index (χ2n) is 9.41. The van der Waals surface area contributed by atoms with Crippen LogP contribution < -0.4 is 5.32 Å². The molecule has 1 heterocycles. The number of allylic oxidation sites excluding steroid dienone is 2. The molecule has 0 saturated heterocycles. The summed E-state index contributed by atoms with van der Waals surface area (Å²) in [5.41, 5.74) is 3.00. The number of unbranched alkanes of at least 4 members (excludes halogenated alkanes) is 3. The Morgan fingerprint density at radius 1 is 0.850 bits per heavy atom. The summed E-state index contributed by atoms with van der Waals surface area (Å²) in [4.78, 5) is 26.2. The Hall–Kier alpha value is -2.85. The molecule has 3 rings (SSSR count). The van der Waals surface area contributed by atoms with Crippen LogP contribution in [0.1, 0.15) is 56.6 Å². The van der Waals surface area contributed by atoms with Gasteiger partial charge in [-0.05, 0) is 63.8 Å². The lowest BCUT2D eigenvalue weighted by molar-refractivity contribution is -0.139. The smallest absolute Gasteiger partial charge is 0.336 e. The summed E-state index contributed by atoms with van der Waals surface area (Å²) < 4.78 is 40.2. The zero-order valence-corrected chi connectivity index (χ0v) is 25.2. The SMILES string of the molecule is COC(=O)C1=C(C)NC(C)=C(C(=O)OCCCCCCOS(=O)(=O)c2ccc(C)cc2)C1c1cccc(Cl)c1Cl. The van der Waals surface area contributed by atoms with Gasteiger partial charge in [-0.1, -0.05) is 59.5 Å². The molecule has 1 unspecified atom stereocenters. The third-order valence-electron chi connectivity index (χ3n) is 6.50. The van der Waals surface area contributed by atoms with Crippen LogP contribution in [0.25, 0.3) is 0 Å². The summed E-state index contributed by atoms with van der Waals surface area (Å²) in [5, 5.41) is 3.60. The number of carbonyl (C=O) groups is 2. The summed E-state index contributed by atoms with van der Waals surface area (Å²) in [7, 11) is -2.52. The predicted octanol–water partition coefficient (Wildman–Crippen LogP) is 6.22. The summed E-state index contributed by atoms with van der Waals surface area (Å²) in [6.45, 7) is 5.54. The molecule has 8 nitrogen and oxygen atoms in total. The molecule has 2 aromatic carbocycles. The third-order valence-corrected chi connectivity index (χ3v) is 8.66. The Morgan fingerprint density at radius 2 is 1.45 bits per heavy atom. The van der Waals surface area contributed by atoms with Gasteiger partial charge in [0.05, 0.1) is 52.3 Å². The normalized spacial score (nSPS) is 15.6. The van der Waals surface area contributed by atoms with Crippen LogP contribution in [0.15, 0.2) is 69.9 Å². The average molecular weight is 611 g/mol. The minimum atomic E-state index is -3.79. The first-order chi connectivity index (χ1) is 19.0. The molecule has 0 spiro atoms. The summed E-state index contributed by atoms with van der Waals surface area (Å²) in [5.74, 6) is -2.03. The van der Waals surface area contributed by atoms with E-state index in [1.54, 1.807) is 44.2 Å². The third kappa shape index (κ3) is 7.66. The van der Waals surface area contributed by atoms with E-state index in [0.717, 1.165) is 5.56 Å². The highest BCUT2D eigenvalue weighted by Gasteiger charge is 2.39. The molecule has 0 radical (unpaired) electrons. The molecule has 0 fully saturated rings. The standard InChI is InChI=1S/C29H33Cl2NO7S/c1-18-12-14-21(15-13-18)40(35,36)39-17-8-6-5-7-16-38-29(34)25-20(3)32-19(2)24(28(33)37-4)26(25)22-10-9-11-23(30)27(22)31/h9-15,26,32H,5-8,16-17H2,1-4H3. The van der Waals surface area contributed by atoms with Crippen LogP contribution in [-0.2, 0) is 33.4 Å². The van der Waals surface area contributed by atoms with E-state index in [0.29, 0.717) is 47.7 Å². The molecule has 216 valence electrons. The molecule has 11 heteroatoms. The van der Waals surface area contributed by atoms with Crippen molar-refractivity contribution in [2.75, 3.05) is 20.3 Å². The van der Waals surface area contributed by atoms with Gasteiger partial charge in [-0.25, -0.2) is 9.59 Å². The van der Waals surface area contributed by atoms with Crippen molar-refractivity contribution in [1.29, 1.82) is 0 Å². The lowest BCUT2D eigenvalue weighted by atomic mass is 9.80. The fraction of sp³-hybridized carbons (Fsp3) is 0.379. The van der Waals surface area contributed by atoms with Crippen molar-refractivity contribution in [3.8, 4) is 0 Å². The van der Waals surface area contributed by atoms with Crippen LogP contribution in [-0.4, -0.2) is 40.7 Å². The molecule has 2 aromatic rings. The van der Waals surface area contributed by atoms with Gasteiger partial charge >= 0.3 is 11.9 Å². The second kappa shape index (κ2) is 14.2. The topological polar surface area (TPSA) is 108 Å². The Labute approximate surface area is 245 Å². The van der Waals surface area contributed by atoms with Gasteiger partial charge in [0.25, 0.3) is 10.1 Å². The maximum absolute atomic E-state index is 13.3. The van der Waals surface area contributed by atoms with E-state index in [1.807, 2.05) is 6.92 Å². The van der Waals surface area contributed by atoms with Crippen LogP contribution in [0.2, 0.25) is 10.0 Å². The largest absolute Gasteiger partial charge is 0.466 e. The summed E-state index contributed by atoms with van der Waals surface area (Å²) >= 11 is 12.8. The monoisotopic (exact) mass is 609 g/mol. The minimum absolute atomic E-state index is 0.0673. The molecular formula is C29H33Cl2NO7S. The maximum atomic E-state index is 13.3. The van der Waals surface area contributed by atoms with Crippen LogP contribution in [0.4, 0.5) is 0 Å². The van der Waals surface area contributed by atoms with Crippen molar-refractivity contribution in [2.24, 2.45) is 0 Å². The Balaban J connectivity index is 1.57. The van der Waals surface area contributed by atoms with Gasteiger partial charge in [-0.2, -0.15) is 8.42 Å². The van der Waals surface area contributed by atoms with Gasteiger partial charge in [-0.3, -0.25) is 4.18 Å². The lowest BCUT2D eigenvalue weighted by Gasteiger charge is -2.30. The van der Waals surface area contributed by atoms with Crippen LogP contribution in [0.3, 0.4) is 0 Å². The predicted molar refractivity (Wildman–Crippen MR) is 153 cm³/mol. The maximum Gasteiger partial charge on any atom is 0.336 e. The number of rotatable bonds is 12. The van der Waals surface area contributed by atoms with Crippen LogP contribution >= 0.6 is 23.2 Å². The van der Waals surface area contributed by atoms with E-state index in [1.165, 1.54) is 19.2 Å². The van der Waals surface area contributed by atoms with Crippen molar-refractivity contribution in [2.45, 2.75) is 57.3 Å². The highest BCUT2D eigenvalue weighted by Crippen LogP contribution is 2.43. The molecule has 40 heavy (non-hydrogen) atoms. The van der Waals surface area contributed by atoms with Crippen molar-refractivity contribution >= 4 is 45.3 Å². The minimum Gasteiger partial charge on any atom is -0.466 e. The van der Waals surface area contributed by atoms with E-state index in [-0.39, 0.29) is 34.3 Å². The van der Waals surface area contributed by atoms with Gasteiger partial charge in [0.2, 0.25) is 0 Å².